The van der Waals surface area contributed by atoms with Crippen LogP contribution in [0.1, 0.15) is 16.7 Å². The first kappa shape index (κ1) is 19.6. The molecule has 2 aliphatic rings. The molecule has 2 aromatic carbocycles. The fourth-order valence-corrected chi connectivity index (χ4v) is 4.06. The van der Waals surface area contributed by atoms with Crippen LogP contribution in [0.5, 0.6) is 0 Å². The lowest BCUT2D eigenvalue weighted by Crippen LogP contribution is -2.36. The van der Waals surface area contributed by atoms with Gasteiger partial charge in [0.05, 0.1) is 18.9 Å². The summed E-state index contributed by atoms with van der Waals surface area (Å²) in [5, 5.41) is 6.85. The van der Waals surface area contributed by atoms with Gasteiger partial charge in [-0.15, -0.1) is 0 Å². The number of hydrogen-bond acceptors (Lipinski definition) is 6. The molecule has 5 rings (SSSR count). The molecule has 31 heavy (non-hydrogen) atoms. The maximum atomic E-state index is 5.84. The Bertz CT molecular complexity index is 1090. The quantitative estimate of drug-likeness (QED) is 0.590. The van der Waals surface area contributed by atoms with Crippen LogP contribution in [0.15, 0.2) is 60.8 Å². The Balaban J connectivity index is 1.46. The number of hydrogen-bond donors (Lipinski definition) is 3. The van der Waals surface area contributed by atoms with Gasteiger partial charge in [0.2, 0.25) is 0 Å². The Morgan fingerprint density at radius 3 is 2.71 bits per heavy atom. The van der Waals surface area contributed by atoms with Crippen molar-refractivity contribution in [2.75, 3.05) is 36.5 Å². The van der Waals surface area contributed by atoms with E-state index < -0.39 is 0 Å². The van der Waals surface area contributed by atoms with Crippen molar-refractivity contribution < 1.29 is 4.74 Å². The first-order chi connectivity index (χ1) is 15.3. The van der Waals surface area contributed by atoms with Crippen molar-refractivity contribution in [3.8, 4) is 11.3 Å². The fraction of sp³-hybridized carbons (Fsp3) is 0.240. The number of pyridine rings is 1. The highest BCUT2D eigenvalue weighted by Gasteiger charge is 2.16. The predicted octanol–water partition coefficient (Wildman–Crippen LogP) is 3.86. The third-order valence-corrected chi connectivity index (χ3v) is 5.78. The monoisotopic (exact) mass is 413 g/mol. The highest BCUT2D eigenvalue weighted by molar-refractivity contribution is 5.74. The summed E-state index contributed by atoms with van der Waals surface area (Å²) < 4.78 is 5.46. The third kappa shape index (κ3) is 4.26. The molecule has 2 aliphatic heterocycles. The van der Waals surface area contributed by atoms with Crippen molar-refractivity contribution in [2.24, 2.45) is 5.73 Å². The molecule has 0 amide bonds. The van der Waals surface area contributed by atoms with E-state index >= 15 is 0 Å². The van der Waals surface area contributed by atoms with Gasteiger partial charge < -0.3 is 26.0 Å². The Labute approximate surface area is 182 Å². The number of anilines is 3. The van der Waals surface area contributed by atoms with Gasteiger partial charge in [-0.3, -0.25) is 0 Å². The molecule has 0 atom stereocenters. The van der Waals surface area contributed by atoms with Gasteiger partial charge in [0.25, 0.3) is 0 Å². The van der Waals surface area contributed by atoms with Gasteiger partial charge in [0.1, 0.15) is 5.82 Å². The number of benzene rings is 2. The van der Waals surface area contributed by atoms with Crippen LogP contribution < -0.4 is 21.3 Å². The van der Waals surface area contributed by atoms with Gasteiger partial charge in [-0.2, -0.15) is 0 Å². The maximum absolute atomic E-state index is 5.84. The minimum absolute atomic E-state index is 0.517. The van der Waals surface area contributed by atoms with E-state index in [4.69, 9.17) is 15.5 Å². The molecule has 158 valence electrons. The first-order valence-electron chi connectivity index (χ1n) is 10.7. The second kappa shape index (κ2) is 8.79. The van der Waals surface area contributed by atoms with Crippen molar-refractivity contribution in [1.29, 1.82) is 0 Å². The Hall–Kier alpha value is -3.35. The van der Waals surface area contributed by atoms with E-state index in [-0.39, 0.29) is 0 Å². The lowest BCUT2D eigenvalue weighted by molar-refractivity contribution is 0.122. The number of aromatic nitrogens is 1. The molecule has 0 unspecified atom stereocenters. The van der Waals surface area contributed by atoms with Crippen molar-refractivity contribution in [1.82, 2.24) is 10.3 Å². The van der Waals surface area contributed by atoms with E-state index in [0.29, 0.717) is 6.54 Å². The molecule has 6 nitrogen and oxygen atoms in total. The zero-order chi connectivity index (χ0) is 21.0. The fourth-order valence-electron chi connectivity index (χ4n) is 4.06. The van der Waals surface area contributed by atoms with Crippen LogP contribution in [0.3, 0.4) is 0 Å². The second-order valence-electron chi connectivity index (χ2n) is 7.81. The average molecular weight is 414 g/mol. The Kier molecular flexibility index (Phi) is 5.56. The summed E-state index contributed by atoms with van der Waals surface area (Å²) in [5.74, 6) is 0.877. The number of nitrogens with one attached hydrogen (secondary N) is 2. The lowest BCUT2D eigenvalue weighted by atomic mass is 10.0. The first-order valence-corrected chi connectivity index (χ1v) is 10.7. The van der Waals surface area contributed by atoms with E-state index in [1.807, 2.05) is 18.3 Å². The Morgan fingerprint density at radius 2 is 1.90 bits per heavy atom. The summed E-state index contributed by atoms with van der Waals surface area (Å²) >= 11 is 0. The lowest BCUT2D eigenvalue weighted by Gasteiger charge is -2.29. The topological polar surface area (TPSA) is 75.4 Å². The minimum Gasteiger partial charge on any atom is -0.387 e. The molecule has 1 saturated heterocycles. The predicted molar refractivity (Wildman–Crippen MR) is 126 cm³/mol. The van der Waals surface area contributed by atoms with Crippen LogP contribution in [0.25, 0.3) is 17.3 Å². The largest absolute Gasteiger partial charge is 0.387 e. The third-order valence-electron chi connectivity index (χ3n) is 5.78. The van der Waals surface area contributed by atoms with Crippen molar-refractivity contribution in [3.05, 3.63) is 77.5 Å². The molecule has 4 N–H and O–H groups in total. The average Bonchev–Trinajstić information content (AvgIpc) is 2.85. The number of morpholine rings is 1. The number of ether oxygens (including phenoxy) is 1. The molecule has 0 aliphatic carbocycles. The van der Waals surface area contributed by atoms with Crippen LogP contribution in [-0.4, -0.2) is 31.3 Å². The van der Waals surface area contributed by atoms with Crippen LogP contribution in [0.4, 0.5) is 17.2 Å². The van der Waals surface area contributed by atoms with Gasteiger partial charge in [-0.05, 0) is 59.8 Å². The molecule has 1 fully saturated rings. The molecule has 1 aromatic heterocycles. The summed E-state index contributed by atoms with van der Waals surface area (Å²) in [4.78, 5) is 7.34. The van der Waals surface area contributed by atoms with E-state index in [1.54, 1.807) is 0 Å². The van der Waals surface area contributed by atoms with Crippen molar-refractivity contribution in [2.45, 2.75) is 13.1 Å². The summed E-state index contributed by atoms with van der Waals surface area (Å²) in [6.07, 6.45) is 4.09. The van der Waals surface area contributed by atoms with Gasteiger partial charge in [-0.1, -0.05) is 18.2 Å². The van der Waals surface area contributed by atoms with E-state index in [0.717, 1.165) is 61.2 Å². The number of nitrogens with zero attached hydrogens (tertiary/aromatic N) is 2. The zero-order valence-corrected chi connectivity index (χ0v) is 17.5. The summed E-state index contributed by atoms with van der Waals surface area (Å²) in [7, 11) is 0. The van der Waals surface area contributed by atoms with Gasteiger partial charge >= 0.3 is 0 Å². The Morgan fingerprint density at radius 1 is 1.06 bits per heavy atom. The number of fused-ring (bicyclic) bond motifs is 1. The van der Waals surface area contributed by atoms with E-state index in [1.165, 1.54) is 16.8 Å². The SMILES string of the molecule is NCc1cccc(-c2cc3c(c(Nc4ccc(N5CCOCC5)cc4)n2)CNC=C3)c1. The smallest absolute Gasteiger partial charge is 0.136 e. The number of nitrogens with two attached hydrogens (primary N) is 1. The van der Waals surface area contributed by atoms with Crippen LogP contribution in [-0.2, 0) is 17.8 Å². The highest BCUT2D eigenvalue weighted by Crippen LogP contribution is 2.31. The normalized spacial score (nSPS) is 15.3. The zero-order valence-electron chi connectivity index (χ0n) is 17.5. The molecule has 0 radical (unpaired) electrons. The molecule has 0 saturated carbocycles. The summed E-state index contributed by atoms with van der Waals surface area (Å²) in [6.45, 7) is 4.70. The molecular formula is C25H27N5O. The molecule has 3 heterocycles. The standard InChI is InChI=1S/C25H27N5O/c26-16-18-2-1-3-20(14-18)24-15-19-8-9-27-17-23(19)25(29-24)28-21-4-6-22(7-5-21)30-10-12-31-13-11-30/h1-9,14-15,27H,10-13,16-17,26H2,(H,28,29). The second-order valence-corrected chi connectivity index (χ2v) is 7.81. The van der Waals surface area contributed by atoms with Crippen LogP contribution >= 0.6 is 0 Å². The van der Waals surface area contributed by atoms with Gasteiger partial charge in [0.15, 0.2) is 0 Å². The van der Waals surface area contributed by atoms with Crippen LogP contribution in [0.2, 0.25) is 0 Å². The molecular weight excluding hydrogens is 386 g/mol. The molecule has 0 spiro atoms. The van der Waals surface area contributed by atoms with Gasteiger partial charge in [-0.25, -0.2) is 4.98 Å². The maximum Gasteiger partial charge on any atom is 0.136 e. The summed E-state index contributed by atoms with van der Waals surface area (Å²) in [6, 6.07) is 19.0. The van der Waals surface area contributed by atoms with Gasteiger partial charge in [0, 0.05) is 48.7 Å². The highest BCUT2D eigenvalue weighted by atomic mass is 16.5. The summed E-state index contributed by atoms with van der Waals surface area (Å²) in [5.41, 5.74) is 13.5. The minimum atomic E-state index is 0.517. The molecule has 3 aromatic rings. The van der Waals surface area contributed by atoms with E-state index in [2.05, 4.69) is 64.1 Å². The molecule has 6 heteroatoms. The molecule has 0 bridgehead atoms. The van der Waals surface area contributed by atoms with E-state index in [9.17, 15) is 0 Å². The van der Waals surface area contributed by atoms with Crippen molar-refractivity contribution in [3.63, 3.8) is 0 Å². The van der Waals surface area contributed by atoms with Crippen molar-refractivity contribution >= 4 is 23.3 Å². The number of rotatable bonds is 5. The van der Waals surface area contributed by atoms with Crippen LogP contribution in [0, 0.1) is 0 Å².